The number of fused-ring (bicyclic) bond motifs is 1. The van der Waals surface area contributed by atoms with Gasteiger partial charge in [0.1, 0.15) is 0 Å². The van der Waals surface area contributed by atoms with Crippen LogP contribution >= 0.6 is 0 Å². The van der Waals surface area contributed by atoms with Crippen LogP contribution in [0.15, 0.2) is 0 Å². The highest BCUT2D eigenvalue weighted by atomic mass is 15.3. The molecule has 2 aliphatic heterocycles. The topological polar surface area (TPSA) is 32.5 Å². The molecule has 3 heteroatoms. The minimum absolute atomic E-state index is 0.357. The third-order valence-corrected chi connectivity index (χ3v) is 6.62. The van der Waals surface area contributed by atoms with Crippen LogP contribution in [-0.2, 0) is 0 Å². The van der Waals surface area contributed by atoms with E-state index in [0.29, 0.717) is 5.54 Å². The first-order chi connectivity index (χ1) is 9.55. The standard InChI is InChI=1S/C17H33N3/c1-13(2)15-9-17(10-15,12-18)20-8-6-16-14(11-20)5-4-7-19(16)3/h13-16H,4-12,18H2,1-3H3. The van der Waals surface area contributed by atoms with Crippen molar-refractivity contribution in [3.05, 3.63) is 0 Å². The maximum absolute atomic E-state index is 6.21. The van der Waals surface area contributed by atoms with Gasteiger partial charge in [0, 0.05) is 31.2 Å². The Morgan fingerprint density at radius 2 is 1.95 bits per heavy atom. The van der Waals surface area contributed by atoms with E-state index in [-0.39, 0.29) is 0 Å². The minimum Gasteiger partial charge on any atom is -0.329 e. The first-order valence-corrected chi connectivity index (χ1v) is 8.71. The molecule has 0 amide bonds. The van der Waals surface area contributed by atoms with Gasteiger partial charge in [0.25, 0.3) is 0 Å². The van der Waals surface area contributed by atoms with Gasteiger partial charge in [0.2, 0.25) is 0 Å². The zero-order valence-corrected chi connectivity index (χ0v) is 13.6. The van der Waals surface area contributed by atoms with Gasteiger partial charge < -0.3 is 10.6 Å². The molecule has 3 rings (SSSR count). The van der Waals surface area contributed by atoms with Gasteiger partial charge in [0.05, 0.1) is 0 Å². The fourth-order valence-electron chi connectivity index (χ4n) is 5.02. The molecule has 2 unspecified atom stereocenters. The Balaban J connectivity index is 1.64. The number of nitrogens with two attached hydrogens (primary N) is 1. The zero-order chi connectivity index (χ0) is 14.3. The third kappa shape index (κ3) is 2.42. The molecule has 0 bridgehead atoms. The molecule has 1 aliphatic carbocycles. The van der Waals surface area contributed by atoms with E-state index in [1.165, 1.54) is 51.7 Å². The molecule has 116 valence electrons. The first kappa shape index (κ1) is 14.8. The fourth-order valence-corrected chi connectivity index (χ4v) is 5.02. The smallest absolute Gasteiger partial charge is 0.0337 e. The Hall–Kier alpha value is -0.120. The molecule has 20 heavy (non-hydrogen) atoms. The van der Waals surface area contributed by atoms with Gasteiger partial charge in [-0.25, -0.2) is 0 Å². The second-order valence-electron chi connectivity index (χ2n) is 8.03. The summed E-state index contributed by atoms with van der Waals surface area (Å²) in [4.78, 5) is 5.39. The van der Waals surface area contributed by atoms with E-state index in [1.807, 2.05) is 0 Å². The predicted molar refractivity (Wildman–Crippen MR) is 84.7 cm³/mol. The molecule has 0 aromatic rings. The Labute approximate surface area is 124 Å². The van der Waals surface area contributed by atoms with Crippen molar-refractivity contribution in [1.29, 1.82) is 0 Å². The van der Waals surface area contributed by atoms with Gasteiger partial charge in [-0.1, -0.05) is 13.8 Å². The zero-order valence-electron chi connectivity index (χ0n) is 13.6. The minimum atomic E-state index is 0.357. The highest BCUT2D eigenvalue weighted by molar-refractivity contribution is 5.06. The van der Waals surface area contributed by atoms with Crippen molar-refractivity contribution in [3.63, 3.8) is 0 Å². The average molecular weight is 279 g/mol. The molecule has 0 spiro atoms. The molecule has 3 nitrogen and oxygen atoms in total. The van der Waals surface area contributed by atoms with E-state index in [9.17, 15) is 0 Å². The molecule has 3 aliphatic rings. The maximum atomic E-state index is 6.21. The van der Waals surface area contributed by atoms with Crippen molar-refractivity contribution in [2.75, 3.05) is 33.2 Å². The van der Waals surface area contributed by atoms with E-state index < -0.39 is 0 Å². The van der Waals surface area contributed by atoms with Crippen LogP contribution in [0.5, 0.6) is 0 Å². The molecule has 2 heterocycles. The molecule has 1 saturated carbocycles. The summed E-state index contributed by atoms with van der Waals surface area (Å²) in [7, 11) is 2.32. The molecular weight excluding hydrogens is 246 g/mol. The number of hydrogen-bond donors (Lipinski definition) is 1. The lowest BCUT2D eigenvalue weighted by Gasteiger charge is -2.59. The van der Waals surface area contributed by atoms with Gasteiger partial charge in [-0.05, 0) is 63.5 Å². The normalized spacial score (nSPS) is 43.4. The van der Waals surface area contributed by atoms with Gasteiger partial charge in [-0.2, -0.15) is 0 Å². The highest BCUT2D eigenvalue weighted by Crippen LogP contribution is 2.47. The van der Waals surface area contributed by atoms with Gasteiger partial charge >= 0.3 is 0 Å². The van der Waals surface area contributed by atoms with Gasteiger partial charge in [-0.15, -0.1) is 0 Å². The van der Waals surface area contributed by atoms with Crippen molar-refractivity contribution in [2.24, 2.45) is 23.5 Å². The number of piperidine rings is 2. The molecule has 2 saturated heterocycles. The van der Waals surface area contributed by atoms with E-state index in [2.05, 4.69) is 30.7 Å². The summed E-state index contributed by atoms with van der Waals surface area (Å²) < 4.78 is 0. The van der Waals surface area contributed by atoms with Crippen molar-refractivity contribution in [2.45, 2.75) is 57.5 Å². The van der Waals surface area contributed by atoms with Crippen molar-refractivity contribution < 1.29 is 0 Å². The Kier molecular flexibility index (Phi) is 4.13. The average Bonchev–Trinajstić information content (AvgIpc) is 2.38. The molecule has 3 fully saturated rings. The summed E-state index contributed by atoms with van der Waals surface area (Å²) >= 11 is 0. The van der Waals surface area contributed by atoms with Gasteiger partial charge in [0.15, 0.2) is 0 Å². The van der Waals surface area contributed by atoms with Gasteiger partial charge in [-0.3, -0.25) is 4.90 Å². The van der Waals surface area contributed by atoms with Crippen LogP contribution in [0.1, 0.15) is 46.0 Å². The quantitative estimate of drug-likeness (QED) is 0.859. The van der Waals surface area contributed by atoms with Crippen molar-refractivity contribution in [1.82, 2.24) is 9.80 Å². The predicted octanol–water partition coefficient (Wildman–Crippen LogP) is 2.17. The molecular formula is C17H33N3. The third-order valence-electron chi connectivity index (χ3n) is 6.62. The second-order valence-corrected chi connectivity index (χ2v) is 8.03. The molecule has 0 aromatic carbocycles. The summed E-state index contributed by atoms with van der Waals surface area (Å²) in [5.74, 6) is 2.63. The van der Waals surface area contributed by atoms with Crippen LogP contribution in [-0.4, -0.2) is 54.6 Å². The van der Waals surface area contributed by atoms with Crippen LogP contribution in [0.2, 0.25) is 0 Å². The monoisotopic (exact) mass is 279 g/mol. The molecule has 0 aromatic heterocycles. The number of rotatable bonds is 3. The lowest BCUT2D eigenvalue weighted by molar-refractivity contribution is -0.0782. The van der Waals surface area contributed by atoms with Crippen molar-refractivity contribution in [3.8, 4) is 0 Å². The van der Waals surface area contributed by atoms with Crippen molar-refractivity contribution >= 4 is 0 Å². The Morgan fingerprint density at radius 3 is 2.60 bits per heavy atom. The lowest BCUT2D eigenvalue weighted by Crippen LogP contribution is -2.66. The van der Waals surface area contributed by atoms with Crippen LogP contribution in [0.25, 0.3) is 0 Å². The van der Waals surface area contributed by atoms with Crippen LogP contribution in [0.3, 0.4) is 0 Å². The molecule has 2 N–H and O–H groups in total. The van der Waals surface area contributed by atoms with Crippen LogP contribution in [0, 0.1) is 17.8 Å². The van der Waals surface area contributed by atoms with Crippen LogP contribution in [0.4, 0.5) is 0 Å². The summed E-state index contributed by atoms with van der Waals surface area (Å²) in [6, 6.07) is 0.843. The van der Waals surface area contributed by atoms with E-state index in [1.54, 1.807) is 0 Å². The SMILES string of the molecule is CC(C)C1CC(CN)(N2CCC3C(CCCN3C)C2)C1. The number of likely N-dealkylation sites (tertiary alicyclic amines) is 2. The van der Waals surface area contributed by atoms with E-state index >= 15 is 0 Å². The summed E-state index contributed by atoms with van der Waals surface area (Å²) in [6.45, 7) is 9.48. The Bertz CT molecular complexity index is 335. The maximum Gasteiger partial charge on any atom is 0.0337 e. The lowest BCUT2D eigenvalue weighted by atomic mass is 9.62. The molecule has 0 radical (unpaired) electrons. The molecule has 2 atom stereocenters. The van der Waals surface area contributed by atoms with Crippen LogP contribution < -0.4 is 5.73 Å². The Morgan fingerprint density at radius 1 is 1.20 bits per heavy atom. The largest absolute Gasteiger partial charge is 0.329 e. The number of nitrogens with zero attached hydrogens (tertiary/aromatic N) is 2. The highest BCUT2D eigenvalue weighted by Gasteiger charge is 2.50. The van der Waals surface area contributed by atoms with E-state index in [4.69, 9.17) is 5.73 Å². The fraction of sp³-hybridized carbons (Fsp3) is 1.00. The number of hydrogen-bond acceptors (Lipinski definition) is 3. The summed E-state index contributed by atoms with van der Waals surface area (Å²) in [6.07, 6.45) is 6.85. The summed E-state index contributed by atoms with van der Waals surface area (Å²) in [5.41, 5.74) is 6.56. The first-order valence-electron chi connectivity index (χ1n) is 8.71. The van der Waals surface area contributed by atoms with E-state index in [0.717, 1.165) is 30.3 Å². The summed E-state index contributed by atoms with van der Waals surface area (Å²) in [5, 5.41) is 0. The second kappa shape index (κ2) is 5.58.